The summed E-state index contributed by atoms with van der Waals surface area (Å²) in [4.78, 5) is 0. The van der Waals surface area contributed by atoms with Gasteiger partial charge in [-0.25, -0.2) is 0 Å². The Hall–Kier alpha value is -0.830. The zero-order valence-electron chi connectivity index (χ0n) is 9.03. The number of nitrogens with one attached hydrogen (secondary N) is 1. The van der Waals surface area contributed by atoms with Gasteiger partial charge in [-0.15, -0.1) is 0 Å². The lowest BCUT2D eigenvalue weighted by molar-refractivity contribution is 0.460. The Morgan fingerprint density at radius 1 is 1.57 bits per heavy atom. The molecule has 1 fully saturated rings. The summed E-state index contributed by atoms with van der Waals surface area (Å²) in [6, 6.07) is 0.472. The maximum absolute atomic E-state index is 4.38. The maximum Gasteiger partial charge on any atom is 0.0525 e. The molecular formula is C11H19N3. The minimum atomic E-state index is 0.472. The summed E-state index contributed by atoms with van der Waals surface area (Å²) in [7, 11) is 0. The number of hydrogen-bond acceptors (Lipinski definition) is 2. The van der Waals surface area contributed by atoms with Gasteiger partial charge in [0.05, 0.1) is 6.20 Å². The summed E-state index contributed by atoms with van der Waals surface area (Å²) < 4.78 is 2.05. The molecule has 2 heterocycles. The summed E-state index contributed by atoms with van der Waals surface area (Å²) in [5.41, 5.74) is 1.39. The molecule has 1 unspecified atom stereocenters. The minimum Gasteiger partial charge on any atom is -0.316 e. The summed E-state index contributed by atoms with van der Waals surface area (Å²) in [6.07, 6.45) is 6.81. The quantitative estimate of drug-likeness (QED) is 0.777. The molecule has 0 amide bonds. The van der Waals surface area contributed by atoms with Gasteiger partial charge in [0, 0.05) is 18.8 Å². The van der Waals surface area contributed by atoms with Crippen LogP contribution in [0.4, 0.5) is 0 Å². The highest BCUT2D eigenvalue weighted by Crippen LogP contribution is 2.23. The lowest BCUT2D eigenvalue weighted by Crippen LogP contribution is -2.28. The van der Waals surface area contributed by atoms with Gasteiger partial charge in [-0.3, -0.25) is 4.68 Å². The van der Waals surface area contributed by atoms with Crippen molar-refractivity contribution in [1.29, 1.82) is 0 Å². The summed E-state index contributed by atoms with van der Waals surface area (Å²) in [6.45, 7) is 6.62. The van der Waals surface area contributed by atoms with Crippen LogP contribution in [0.3, 0.4) is 0 Å². The van der Waals surface area contributed by atoms with Crippen LogP contribution in [-0.2, 0) is 0 Å². The van der Waals surface area contributed by atoms with Crippen molar-refractivity contribution >= 4 is 0 Å². The van der Waals surface area contributed by atoms with Crippen LogP contribution in [0.1, 0.15) is 44.2 Å². The van der Waals surface area contributed by atoms with E-state index in [9.17, 15) is 0 Å². The molecule has 78 valence electrons. The molecule has 3 heteroatoms. The Balaban J connectivity index is 2.07. The second kappa shape index (κ2) is 4.13. The van der Waals surface area contributed by atoms with Gasteiger partial charge in [0.25, 0.3) is 0 Å². The van der Waals surface area contributed by atoms with Gasteiger partial charge >= 0.3 is 0 Å². The smallest absolute Gasteiger partial charge is 0.0525 e. The fourth-order valence-corrected chi connectivity index (χ4v) is 1.98. The van der Waals surface area contributed by atoms with Crippen molar-refractivity contribution in [2.45, 2.75) is 38.6 Å². The Morgan fingerprint density at radius 3 is 3.00 bits per heavy atom. The highest BCUT2D eigenvalue weighted by Gasteiger charge is 2.16. The van der Waals surface area contributed by atoms with Crippen molar-refractivity contribution in [3.05, 3.63) is 18.0 Å². The minimum absolute atomic E-state index is 0.472. The standard InChI is InChI=1S/C11H19N3/c1-9(2)14-8-11(7-13-14)10-4-3-5-12-6-10/h7-10,12H,3-6H2,1-2H3. The third-order valence-electron chi connectivity index (χ3n) is 2.92. The molecule has 1 aromatic heterocycles. The monoisotopic (exact) mass is 193 g/mol. The SMILES string of the molecule is CC(C)n1cc(C2CCCNC2)cn1. The molecule has 1 N–H and O–H groups in total. The molecule has 14 heavy (non-hydrogen) atoms. The fraction of sp³-hybridized carbons (Fsp3) is 0.727. The first kappa shape index (κ1) is 9.71. The van der Waals surface area contributed by atoms with E-state index in [1.54, 1.807) is 0 Å². The number of nitrogens with zero attached hydrogens (tertiary/aromatic N) is 2. The van der Waals surface area contributed by atoms with Crippen molar-refractivity contribution < 1.29 is 0 Å². The molecule has 0 saturated carbocycles. The van der Waals surface area contributed by atoms with Crippen molar-refractivity contribution in [2.24, 2.45) is 0 Å². The second-order valence-electron chi connectivity index (χ2n) is 4.39. The van der Waals surface area contributed by atoms with Gasteiger partial charge < -0.3 is 5.32 Å². The first-order valence-electron chi connectivity index (χ1n) is 5.52. The van der Waals surface area contributed by atoms with Crippen LogP contribution in [0, 0.1) is 0 Å². The topological polar surface area (TPSA) is 29.9 Å². The molecule has 0 radical (unpaired) electrons. The first-order valence-corrected chi connectivity index (χ1v) is 5.52. The molecule has 1 aliphatic heterocycles. The third-order valence-corrected chi connectivity index (χ3v) is 2.92. The average molecular weight is 193 g/mol. The Bertz CT molecular complexity index is 284. The molecule has 0 bridgehead atoms. The van der Waals surface area contributed by atoms with Crippen LogP contribution >= 0.6 is 0 Å². The molecule has 2 rings (SSSR count). The van der Waals surface area contributed by atoms with Crippen molar-refractivity contribution in [3.63, 3.8) is 0 Å². The van der Waals surface area contributed by atoms with E-state index in [1.807, 2.05) is 10.9 Å². The van der Waals surface area contributed by atoms with E-state index in [4.69, 9.17) is 0 Å². The molecule has 0 spiro atoms. The Morgan fingerprint density at radius 2 is 2.43 bits per heavy atom. The van der Waals surface area contributed by atoms with E-state index in [0.717, 1.165) is 6.54 Å². The van der Waals surface area contributed by atoms with Gasteiger partial charge in [-0.2, -0.15) is 5.10 Å². The average Bonchev–Trinajstić information content (AvgIpc) is 2.68. The van der Waals surface area contributed by atoms with Gasteiger partial charge in [-0.1, -0.05) is 0 Å². The van der Waals surface area contributed by atoms with Crippen LogP contribution in [0.15, 0.2) is 12.4 Å². The maximum atomic E-state index is 4.38. The van der Waals surface area contributed by atoms with Crippen LogP contribution in [0.5, 0.6) is 0 Å². The largest absolute Gasteiger partial charge is 0.316 e. The highest BCUT2D eigenvalue weighted by atomic mass is 15.3. The highest BCUT2D eigenvalue weighted by molar-refractivity contribution is 5.13. The molecule has 1 atom stereocenters. The lowest BCUT2D eigenvalue weighted by atomic mass is 9.94. The van der Waals surface area contributed by atoms with E-state index < -0.39 is 0 Å². The molecule has 1 aliphatic rings. The van der Waals surface area contributed by atoms with Gasteiger partial charge in [0.2, 0.25) is 0 Å². The predicted molar refractivity (Wildman–Crippen MR) is 57.5 cm³/mol. The molecule has 1 saturated heterocycles. The van der Waals surface area contributed by atoms with E-state index in [-0.39, 0.29) is 0 Å². The van der Waals surface area contributed by atoms with Crippen LogP contribution < -0.4 is 5.32 Å². The van der Waals surface area contributed by atoms with Gasteiger partial charge in [0.1, 0.15) is 0 Å². The van der Waals surface area contributed by atoms with Gasteiger partial charge in [0.15, 0.2) is 0 Å². The van der Waals surface area contributed by atoms with Crippen LogP contribution in [0.2, 0.25) is 0 Å². The van der Waals surface area contributed by atoms with Gasteiger partial charge in [-0.05, 0) is 44.7 Å². The number of hydrogen-bond donors (Lipinski definition) is 1. The molecule has 3 nitrogen and oxygen atoms in total. The summed E-state index contributed by atoms with van der Waals surface area (Å²) in [5, 5.41) is 7.81. The van der Waals surface area contributed by atoms with Crippen LogP contribution in [0.25, 0.3) is 0 Å². The third kappa shape index (κ3) is 1.98. The van der Waals surface area contributed by atoms with Crippen molar-refractivity contribution in [2.75, 3.05) is 13.1 Å². The van der Waals surface area contributed by atoms with E-state index in [0.29, 0.717) is 12.0 Å². The lowest BCUT2D eigenvalue weighted by Gasteiger charge is -2.21. The summed E-state index contributed by atoms with van der Waals surface area (Å²) in [5.74, 6) is 0.677. The van der Waals surface area contributed by atoms with Crippen LogP contribution in [-0.4, -0.2) is 22.9 Å². The second-order valence-corrected chi connectivity index (χ2v) is 4.39. The Kier molecular flexibility index (Phi) is 2.87. The number of rotatable bonds is 2. The normalized spacial score (nSPS) is 22.9. The molecule has 0 aromatic carbocycles. The fourth-order valence-electron chi connectivity index (χ4n) is 1.98. The first-order chi connectivity index (χ1) is 6.77. The molecule has 0 aliphatic carbocycles. The molecular weight excluding hydrogens is 174 g/mol. The van der Waals surface area contributed by atoms with E-state index in [2.05, 4.69) is 30.5 Å². The zero-order valence-corrected chi connectivity index (χ0v) is 9.03. The zero-order chi connectivity index (χ0) is 9.97. The molecule has 1 aromatic rings. The predicted octanol–water partition coefficient (Wildman–Crippen LogP) is 1.93. The number of piperidine rings is 1. The number of aromatic nitrogens is 2. The van der Waals surface area contributed by atoms with E-state index >= 15 is 0 Å². The Labute approximate surface area is 85.5 Å². The van der Waals surface area contributed by atoms with Crippen molar-refractivity contribution in [3.8, 4) is 0 Å². The summed E-state index contributed by atoms with van der Waals surface area (Å²) >= 11 is 0. The van der Waals surface area contributed by atoms with E-state index in [1.165, 1.54) is 24.9 Å². The van der Waals surface area contributed by atoms with Crippen molar-refractivity contribution in [1.82, 2.24) is 15.1 Å².